The van der Waals surface area contributed by atoms with Crippen molar-refractivity contribution in [1.29, 1.82) is 0 Å². The van der Waals surface area contributed by atoms with Crippen molar-refractivity contribution in [3.63, 3.8) is 0 Å². The maximum atomic E-state index is 11.9. The highest BCUT2D eigenvalue weighted by molar-refractivity contribution is 5.97. The van der Waals surface area contributed by atoms with E-state index in [0.717, 1.165) is 11.6 Å². The molecule has 0 atom stereocenters. The lowest BCUT2D eigenvalue weighted by molar-refractivity contribution is -0.147. The molecular formula is C19H30N2O4. The number of esters is 1. The molecule has 1 aromatic rings. The Balaban J connectivity index is 0. The topological polar surface area (TPSA) is 75.7 Å². The van der Waals surface area contributed by atoms with Crippen LogP contribution in [0.2, 0.25) is 0 Å². The molecule has 1 aromatic carbocycles. The smallest absolute Gasteiger partial charge is 0.325 e. The van der Waals surface area contributed by atoms with E-state index < -0.39 is 11.9 Å². The maximum Gasteiger partial charge on any atom is 0.325 e. The van der Waals surface area contributed by atoms with E-state index in [0.29, 0.717) is 13.1 Å². The molecular weight excluding hydrogens is 320 g/mol. The van der Waals surface area contributed by atoms with Gasteiger partial charge in [-0.25, -0.2) is 0 Å². The van der Waals surface area contributed by atoms with Crippen LogP contribution in [0.15, 0.2) is 42.5 Å². The van der Waals surface area contributed by atoms with Crippen LogP contribution < -0.4 is 5.32 Å². The molecule has 6 nitrogen and oxygen atoms in total. The molecule has 0 heterocycles. The molecule has 1 rings (SSSR count). The molecule has 0 aliphatic heterocycles. The second kappa shape index (κ2) is 13.8. The van der Waals surface area contributed by atoms with E-state index in [1.807, 2.05) is 44.2 Å². The summed E-state index contributed by atoms with van der Waals surface area (Å²) in [6, 6.07) is 9.46. The molecule has 0 unspecified atom stereocenters. The van der Waals surface area contributed by atoms with Crippen LogP contribution in [-0.2, 0) is 25.7 Å². The summed E-state index contributed by atoms with van der Waals surface area (Å²) in [5.41, 5.74) is 0.970. The van der Waals surface area contributed by atoms with E-state index in [2.05, 4.69) is 5.32 Å². The predicted octanol–water partition coefficient (Wildman–Crippen LogP) is 2.54. The number of hydrogen-bond acceptors (Lipinski definition) is 4. The van der Waals surface area contributed by atoms with E-state index in [1.165, 1.54) is 11.0 Å². The van der Waals surface area contributed by atoms with Crippen molar-refractivity contribution in [3.05, 3.63) is 48.0 Å². The molecule has 0 spiro atoms. The van der Waals surface area contributed by atoms with Crippen molar-refractivity contribution >= 4 is 17.8 Å². The highest BCUT2D eigenvalue weighted by Gasteiger charge is 2.14. The van der Waals surface area contributed by atoms with Gasteiger partial charge in [0.15, 0.2) is 0 Å². The van der Waals surface area contributed by atoms with Crippen LogP contribution in [0.3, 0.4) is 0 Å². The van der Waals surface area contributed by atoms with Crippen molar-refractivity contribution in [2.75, 3.05) is 19.7 Å². The first kappa shape index (κ1) is 22.4. The first-order chi connectivity index (χ1) is 12.1. The minimum atomic E-state index is -0.468. The standard InChI is InChI=1S/C17H22N2O4.C2H6.H2/c1-3-19(13-17(22)23-4-2)16(21)11-10-15(20)18-12-14-8-6-5-7-9-14;1-2;/h5-11H,3-4,12-13H2,1-2H3,(H,18,20);1-2H3;1H/b11-10+;;. The summed E-state index contributed by atoms with van der Waals surface area (Å²) in [6.07, 6.45) is 2.32. The third kappa shape index (κ3) is 9.96. The van der Waals surface area contributed by atoms with Crippen LogP contribution in [0.4, 0.5) is 0 Å². The fourth-order valence-electron chi connectivity index (χ4n) is 1.80. The zero-order valence-electron chi connectivity index (χ0n) is 15.5. The molecule has 2 amide bonds. The van der Waals surface area contributed by atoms with Gasteiger partial charge in [0.2, 0.25) is 11.8 Å². The average Bonchev–Trinajstić information content (AvgIpc) is 2.65. The van der Waals surface area contributed by atoms with E-state index in [1.54, 1.807) is 13.8 Å². The van der Waals surface area contributed by atoms with Gasteiger partial charge in [0.25, 0.3) is 0 Å². The molecule has 0 aliphatic carbocycles. The third-order valence-electron chi connectivity index (χ3n) is 3.01. The minimum Gasteiger partial charge on any atom is -0.465 e. The molecule has 25 heavy (non-hydrogen) atoms. The van der Waals surface area contributed by atoms with E-state index >= 15 is 0 Å². The largest absolute Gasteiger partial charge is 0.465 e. The van der Waals surface area contributed by atoms with Crippen LogP contribution >= 0.6 is 0 Å². The van der Waals surface area contributed by atoms with Gasteiger partial charge in [0.05, 0.1) is 6.61 Å². The number of amides is 2. The number of hydrogen-bond donors (Lipinski definition) is 1. The van der Waals surface area contributed by atoms with Gasteiger partial charge in [0.1, 0.15) is 6.54 Å². The van der Waals surface area contributed by atoms with Crippen LogP contribution in [0, 0.1) is 0 Å². The Bertz CT molecular complexity index is 562. The lowest BCUT2D eigenvalue weighted by atomic mass is 10.2. The zero-order chi connectivity index (χ0) is 19.1. The van der Waals surface area contributed by atoms with Crippen molar-refractivity contribution in [2.24, 2.45) is 0 Å². The molecule has 6 heteroatoms. The van der Waals surface area contributed by atoms with Crippen molar-refractivity contribution in [1.82, 2.24) is 10.2 Å². The summed E-state index contributed by atoms with van der Waals surface area (Å²) >= 11 is 0. The fourth-order valence-corrected chi connectivity index (χ4v) is 1.80. The summed E-state index contributed by atoms with van der Waals surface area (Å²) < 4.78 is 4.80. The minimum absolute atomic E-state index is 0. The number of nitrogens with zero attached hydrogens (tertiary/aromatic N) is 1. The Hall–Kier alpha value is -2.63. The summed E-state index contributed by atoms with van der Waals surface area (Å²) in [6.45, 7) is 8.33. The fraction of sp³-hybridized carbons (Fsp3) is 0.421. The van der Waals surface area contributed by atoms with Crippen molar-refractivity contribution in [3.8, 4) is 0 Å². The number of benzene rings is 1. The monoisotopic (exact) mass is 350 g/mol. The van der Waals surface area contributed by atoms with Gasteiger partial charge < -0.3 is 15.0 Å². The molecule has 0 aromatic heterocycles. The first-order valence-corrected chi connectivity index (χ1v) is 8.51. The molecule has 0 bridgehead atoms. The molecule has 1 N–H and O–H groups in total. The Kier molecular flexibility index (Phi) is 12.3. The molecule has 0 saturated heterocycles. The molecule has 140 valence electrons. The molecule has 0 aliphatic rings. The van der Waals surface area contributed by atoms with E-state index in [9.17, 15) is 14.4 Å². The summed E-state index contributed by atoms with van der Waals surface area (Å²) in [5, 5.41) is 2.68. The van der Waals surface area contributed by atoms with E-state index in [-0.39, 0.29) is 20.5 Å². The van der Waals surface area contributed by atoms with Crippen LogP contribution in [0.5, 0.6) is 0 Å². The molecule has 0 saturated carbocycles. The number of carbonyl (C=O) groups excluding carboxylic acids is 3. The summed E-state index contributed by atoms with van der Waals surface area (Å²) in [7, 11) is 0. The Morgan fingerprint density at radius 1 is 1.12 bits per heavy atom. The quantitative estimate of drug-likeness (QED) is 0.577. The van der Waals surface area contributed by atoms with Crippen LogP contribution in [-0.4, -0.2) is 42.4 Å². The number of nitrogens with one attached hydrogen (secondary N) is 1. The Morgan fingerprint density at radius 3 is 2.32 bits per heavy atom. The zero-order valence-corrected chi connectivity index (χ0v) is 15.5. The molecule has 0 fully saturated rings. The van der Waals surface area contributed by atoms with Gasteiger partial charge in [-0.1, -0.05) is 44.2 Å². The number of ether oxygens (including phenoxy) is 1. The third-order valence-corrected chi connectivity index (χ3v) is 3.01. The van der Waals surface area contributed by atoms with Gasteiger partial charge in [-0.3, -0.25) is 14.4 Å². The van der Waals surface area contributed by atoms with Crippen LogP contribution in [0.25, 0.3) is 0 Å². The summed E-state index contributed by atoms with van der Waals surface area (Å²) in [5.74, 6) is -1.24. The second-order valence-corrected chi connectivity index (χ2v) is 4.69. The van der Waals surface area contributed by atoms with E-state index in [4.69, 9.17) is 4.74 Å². The van der Waals surface area contributed by atoms with Crippen molar-refractivity contribution < 1.29 is 20.5 Å². The van der Waals surface area contributed by atoms with Gasteiger partial charge in [0, 0.05) is 26.7 Å². The number of rotatable bonds is 8. The second-order valence-electron chi connectivity index (χ2n) is 4.69. The Labute approximate surface area is 151 Å². The van der Waals surface area contributed by atoms with Gasteiger partial charge >= 0.3 is 5.97 Å². The number of likely N-dealkylation sites (N-methyl/N-ethyl adjacent to an activating group) is 1. The van der Waals surface area contributed by atoms with Crippen molar-refractivity contribution in [2.45, 2.75) is 34.2 Å². The highest BCUT2D eigenvalue weighted by Crippen LogP contribution is 1.97. The Morgan fingerprint density at radius 2 is 1.76 bits per heavy atom. The van der Waals surface area contributed by atoms with Gasteiger partial charge in [-0.05, 0) is 19.4 Å². The SMILES string of the molecule is CC.CCOC(=O)CN(CC)C(=O)/C=C/C(=O)NCc1ccccc1.[HH]. The lowest BCUT2D eigenvalue weighted by Crippen LogP contribution is -2.35. The normalized spacial score (nSPS) is 9.76. The molecule has 0 radical (unpaired) electrons. The van der Waals surface area contributed by atoms with Gasteiger partial charge in [-0.2, -0.15) is 0 Å². The highest BCUT2D eigenvalue weighted by atomic mass is 16.5. The first-order valence-electron chi connectivity index (χ1n) is 8.51. The van der Waals surface area contributed by atoms with Gasteiger partial charge in [-0.15, -0.1) is 0 Å². The average molecular weight is 350 g/mol. The summed E-state index contributed by atoms with van der Waals surface area (Å²) in [4.78, 5) is 36.3. The lowest BCUT2D eigenvalue weighted by Gasteiger charge is -2.17. The number of carbonyl (C=O) groups is 3. The maximum absolute atomic E-state index is 11.9. The van der Waals surface area contributed by atoms with Crippen LogP contribution in [0.1, 0.15) is 34.7 Å². The predicted molar refractivity (Wildman–Crippen MR) is 99.8 cm³/mol.